The molecular weight excluding hydrogens is 559 g/mol. The van der Waals surface area contributed by atoms with E-state index in [0.717, 1.165) is 16.9 Å². The lowest BCUT2D eigenvalue weighted by Crippen LogP contribution is -2.47. The van der Waals surface area contributed by atoms with Gasteiger partial charge in [-0.1, -0.05) is 34.8 Å². The minimum absolute atomic E-state index is 0.247. The molecule has 0 radical (unpaired) electrons. The standard InChI is InChI=1S/C21H14Cl3F6N5O/c22-13-7-12(21(28,29)30)8-14(23)18(13)35-19(36)17(24)15(10-32-35)33-3-5-34(6-4-33)16-2-1-11(9-31-16)20(25,26)27/h1-2,7-10H,3-6H2. The number of benzene rings is 1. The molecule has 0 N–H and O–H groups in total. The molecule has 4 rings (SSSR count). The van der Waals surface area contributed by atoms with E-state index in [0.29, 0.717) is 44.1 Å². The van der Waals surface area contributed by atoms with Crippen molar-refractivity contribution in [3.8, 4) is 5.69 Å². The second-order valence-corrected chi connectivity index (χ2v) is 8.92. The van der Waals surface area contributed by atoms with E-state index in [4.69, 9.17) is 34.8 Å². The van der Waals surface area contributed by atoms with Crippen LogP contribution in [0.2, 0.25) is 15.1 Å². The summed E-state index contributed by atoms with van der Waals surface area (Å²) < 4.78 is 78.0. The van der Waals surface area contributed by atoms with Gasteiger partial charge >= 0.3 is 12.4 Å². The zero-order chi connectivity index (χ0) is 26.4. The van der Waals surface area contributed by atoms with Crippen LogP contribution in [0, 0.1) is 0 Å². The quantitative estimate of drug-likeness (QED) is 0.363. The van der Waals surface area contributed by atoms with Crippen LogP contribution >= 0.6 is 34.8 Å². The number of piperazine rings is 1. The Morgan fingerprint density at radius 1 is 0.778 bits per heavy atom. The van der Waals surface area contributed by atoms with Gasteiger partial charge < -0.3 is 9.80 Å². The molecule has 1 saturated heterocycles. The Hall–Kier alpha value is -2.70. The molecule has 0 aliphatic carbocycles. The van der Waals surface area contributed by atoms with Crippen molar-refractivity contribution in [1.82, 2.24) is 14.8 Å². The Labute approximate surface area is 214 Å². The predicted octanol–water partition coefficient (Wildman–Crippen LogP) is 5.95. The predicted molar refractivity (Wildman–Crippen MR) is 124 cm³/mol. The number of pyridine rings is 1. The molecule has 3 aromatic rings. The Morgan fingerprint density at radius 2 is 1.33 bits per heavy atom. The molecular formula is C21H14Cl3F6N5O. The number of rotatable bonds is 3. The van der Waals surface area contributed by atoms with Crippen LogP contribution in [-0.4, -0.2) is 40.9 Å². The molecule has 1 aliphatic heterocycles. The molecule has 36 heavy (non-hydrogen) atoms. The summed E-state index contributed by atoms with van der Waals surface area (Å²) in [7, 11) is 0. The summed E-state index contributed by atoms with van der Waals surface area (Å²) in [5, 5.41) is 2.87. The topological polar surface area (TPSA) is 54.3 Å². The molecule has 1 fully saturated rings. The summed E-state index contributed by atoms with van der Waals surface area (Å²) in [4.78, 5) is 20.3. The zero-order valence-corrected chi connectivity index (χ0v) is 20.1. The second kappa shape index (κ2) is 9.64. The first-order chi connectivity index (χ1) is 16.8. The van der Waals surface area contributed by atoms with Gasteiger partial charge in [-0.15, -0.1) is 0 Å². The molecule has 192 valence electrons. The molecule has 2 aromatic heterocycles. The fourth-order valence-corrected chi connectivity index (χ4v) is 4.55. The van der Waals surface area contributed by atoms with Crippen molar-refractivity contribution in [2.75, 3.05) is 36.0 Å². The average molecular weight is 573 g/mol. The molecule has 1 aliphatic rings. The smallest absolute Gasteiger partial charge is 0.365 e. The third kappa shape index (κ3) is 5.21. The third-order valence-electron chi connectivity index (χ3n) is 5.48. The fourth-order valence-electron chi connectivity index (χ4n) is 3.65. The molecule has 0 bridgehead atoms. The maximum atomic E-state index is 13.0. The number of hydrogen-bond acceptors (Lipinski definition) is 5. The van der Waals surface area contributed by atoms with E-state index in [1.54, 1.807) is 9.80 Å². The van der Waals surface area contributed by atoms with Gasteiger partial charge in [0.05, 0.1) is 33.1 Å². The molecule has 0 saturated carbocycles. The van der Waals surface area contributed by atoms with Gasteiger partial charge in [-0.05, 0) is 24.3 Å². The van der Waals surface area contributed by atoms with Crippen LogP contribution in [-0.2, 0) is 12.4 Å². The molecule has 0 spiro atoms. The minimum atomic E-state index is -4.69. The lowest BCUT2D eigenvalue weighted by atomic mass is 10.2. The van der Waals surface area contributed by atoms with Crippen molar-refractivity contribution >= 4 is 46.3 Å². The number of halogens is 9. The van der Waals surface area contributed by atoms with Crippen LogP contribution in [0.4, 0.5) is 37.8 Å². The van der Waals surface area contributed by atoms with Crippen LogP contribution in [0.25, 0.3) is 5.69 Å². The second-order valence-electron chi connectivity index (χ2n) is 7.72. The summed E-state index contributed by atoms with van der Waals surface area (Å²) in [6.45, 7) is 1.42. The number of hydrogen-bond donors (Lipinski definition) is 0. The fraction of sp³-hybridized carbons (Fsp3) is 0.286. The molecule has 3 heterocycles. The molecule has 6 nitrogen and oxygen atoms in total. The van der Waals surface area contributed by atoms with Gasteiger partial charge in [-0.3, -0.25) is 4.79 Å². The number of aromatic nitrogens is 3. The summed E-state index contributed by atoms with van der Waals surface area (Å²) in [5.41, 5.74) is -2.75. The van der Waals surface area contributed by atoms with Crippen LogP contribution in [0.1, 0.15) is 11.1 Å². The summed E-state index contributed by atoms with van der Waals surface area (Å²) >= 11 is 18.3. The van der Waals surface area contributed by atoms with Gasteiger partial charge in [0.15, 0.2) is 0 Å². The van der Waals surface area contributed by atoms with Crippen molar-refractivity contribution < 1.29 is 26.3 Å². The minimum Gasteiger partial charge on any atom is -0.365 e. The lowest BCUT2D eigenvalue weighted by Gasteiger charge is -2.36. The van der Waals surface area contributed by atoms with E-state index in [2.05, 4.69) is 10.1 Å². The van der Waals surface area contributed by atoms with Crippen molar-refractivity contribution in [3.63, 3.8) is 0 Å². The number of nitrogens with zero attached hydrogens (tertiary/aromatic N) is 5. The first-order valence-electron chi connectivity index (χ1n) is 10.1. The lowest BCUT2D eigenvalue weighted by molar-refractivity contribution is -0.138. The Morgan fingerprint density at radius 3 is 1.83 bits per heavy atom. The average Bonchev–Trinajstić information content (AvgIpc) is 2.80. The molecule has 0 amide bonds. The van der Waals surface area contributed by atoms with Crippen molar-refractivity contribution in [2.24, 2.45) is 0 Å². The zero-order valence-electron chi connectivity index (χ0n) is 17.8. The molecule has 0 atom stereocenters. The molecule has 15 heteroatoms. The third-order valence-corrected chi connectivity index (χ3v) is 6.41. The Kier molecular flexibility index (Phi) is 7.06. The van der Waals surface area contributed by atoms with E-state index < -0.39 is 39.1 Å². The monoisotopic (exact) mass is 571 g/mol. The van der Waals surface area contributed by atoms with Crippen LogP contribution in [0.15, 0.2) is 41.5 Å². The summed E-state index contributed by atoms with van der Waals surface area (Å²) in [5.74, 6) is 0.369. The van der Waals surface area contributed by atoms with E-state index in [9.17, 15) is 31.1 Å². The highest BCUT2D eigenvalue weighted by molar-refractivity contribution is 6.38. The number of anilines is 2. The van der Waals surface area contributed by atoms with Crippen molar-refractivity contribution in [2.45, 2.75) is 12.4 Å². The maximum Gasteiger partial charge on any atom is 0.417 e. The Bertz CT molecular complexity index is 1310. The van der Waals surface area contributed by atoms with Gasteiger partial charge in [0.2, 0.25) is 0 Å². The van der Waals surface area contributed by atoms with E-state index >= 15 is 0 Å². The van der Waals surface area contributed by atoms with Gasteiger partial charge in [0, 0.05) is 32.4 Å². The van der Waals surface area contributed by atoms with E-state index in [1.165, 1.54) is 12.3 Å². The largest absolute Gasteiger partial charge is 0.417 e. The Balaban J connectivity index is 1.54. The van der Waals surface area contributed by atoms with Crippen LogP contribution in [0.5, 0.6) is 0 Å². The van der Waals surface area contributed by atoms with Crippen molar-refractivity contribution in [3.05, 3.63) is 73.2 Å². The highest BCUT2D eigenvalue weighted by atomic mass is 35.5. The highest BCUT2D eigenvalue weighted by Crippen LogP contribution is 2.37. The van der Waals surface area contributed by atoms with Crippen LogP contribution in [0.3, 0.4) is 0 Å². The van der Waals surface area contributed by atoms with E-state index in [1.807, 2.05) is 0 Å². The maximum absolute atomic E-state index is 13.0. The first kappa shape index (κ1) is 26.4. The van der Waals surface area contributed by atoms with Crippen LogP contribution < -0.4 is 15.4 Å². The van der Waals surface area contributed by atoms with E-state index in [-0.39, 0.29) is 16.4 Å². The number of alkyl halides is 6. The molecule has 0 unspecified atom stereocenters. The SMILES string of the molecule is O=c1c(Cl)c(N2CCN(c3ccc(C(F)(F)F)cn3)CC2)cnn1-c1c(Cl)cc(C(F)(F)F)cc1Cl. The van der Waals surface area contributed by atoms with Crippen molar-refractivity contribution in [1.29, 1.82) is 0 Å². The van der Waals surface area contributed by atoms with Gasteiger partial charge in [0.25, 0.3) is 5.56 Å². The first-order valence-corrected chi connectivity index (χ1v) is 11.3. The van der Waals surface area contributed by atoms with Gasteiger partial charge in [-0.25, -0.2) is 4.98 Å². The summed E-state index contributed by atoms with van der Waals surface area (Å²) in [6.07, 6.45) is -7.15. The normalized spacial score (nSPS) is 14.9. The van der Waals surface area contributed by atoms with Gasteiger partial charge in [-0.2, -0.15) is 36.1 Å². The highest BCUT2D eigenvalue weighted by Gasteiger charge is 2.33. The van der Waals surface area contributed by atoms with Gasteiger partial charge in [0.1, 0.15) is 16.5 Å². The molecule has 1 aromatic carbocycles. The summed E-state index contributed by atoms with van der Waals surface area (Å²) in [6, 6.07) is 3.50.